The second kappa shape index (κ2) is 22.6. The van der Waals surface area contributed by atoms with Crippen LogP contribution in [0.4, 0.5) is 0 Å². The normalized spacial score (nSPS) is 11.6. The molecular formula is C19H40. The SMILES string of the molecule is C=CCC/C(=C\C)C(CCC)CCCC.CC.CC. The van der Waals surface area contributed by atoms with E-state index in [4.69, 9.17) is 0 Å². The van der Waals surface area contributed by atoms with Crippen LogP contribution in [-0.4, -0.2) is 0 Å². The molecule has 0 aliphatic rings. The summed E-state index contributed by atoms with van der Waals surface area (Å²) in [6.07, 6.45) is 13.4. The highest BCUT2D eigenvalue weighted by atomic mass is 14.2. The Labute approximate surface area is 124 Å². The molecule has 0 bridgehead atoms. The maximum atomic E-state index is 3.81. The van der Waals surface area contributed by atoms with E-state index in [2.05, 4.69) is 33.4 Å². The van der Waals surface area contributed by atoms with E-state index in [0.717, 1.165) is 12.3 Å². The average molecular weight is 269 g/mol. The van der Waals surface area contributed by atoms with Gasteiger partial charge in [0.05, 0.1) is 0 Å². The Kier molecular flexibility index (Phi) is 28.1. The zero-order valence-corrected chi connectivity index (χ0v) is 14.9. The van der Waals surface area contributed by atoms with Crippen molar-refractivity contribution >= 4 is 0 Å². The van der Waals surface area contributed by atoms with Gasteiger partial charge in [-0.2, -0.15) is 0 Å². The van der Waals surface area contributed by atoms with Crippen LogP contribution in [0.25, 0.3) is 0 Å². The summed E-state index contributed by atoms with van der Waals surface area (Å²) >= 11 is 0. The van der Waals surface area contributed by atoms with Gasteiger partial charge in [0.25, 0.3) is 0 Å². The monoisotopic (exact) mass is 268 g/mol. The predicted octanol–water partition coefficient (Wildman–Crippen LogP) is 7.56. The quantitative estimate of drug-likeness (QED) is 0.378. The molecule has 0 N–H and O–H groups in total. The Morgan fingerprint density at radius 1 is 1.00 bits per heavy atom. The zero-order valence-electron chi connectivity index (χ0n) is 14.9. The summed E-state index contributed by atoms with van der Waals surface area (Å²) in [5.41, 5.74) is 1.66. The van der Waals surface area contributed by atoms with Crippen molar-refractivity contribution in [3.63, 3.8) is 0 Å². The molecule has 0 rings (SSSR count). The Morgan fingerprint density at radius 2 is 1.58 bits per heavy atom. The molecule has 19 heavy (non-hydrogen) atoms. The van der Waals surface area contributed by atoms with Crippen LogP contribution in [0, 0.1) is 5.92 Å². The molecule has 1 unspecified atom stereocenters. The minimum Gasteiger partial charge on any atom is -0.103 e. The lowest BCUT2D eigenvalue weighted by molar-refractivity contribution is 0.475. The Hall–Kier alpha value is -0.520. The second-order valence-corrected chi connectivity index (χ2v) is 4.32. The van der Waals surface area contributed by atoms with Gasteiger partial charge in [0.2, 0.25) is 0 Å². The maximum Gasteiger partial charge on any atom is -0.0203 e. The molecule has 1 atom stereocenters. The fourth-order valence-electron chi connectivity index (χ4n) is 2.17. The summed E-state index contributed by atoms with van der Waals surface area (Å²) < 4.78 is 0. The number of rotatable bonds is 9. The van der Waals surface area contributed by atoms with Crippen molar-refractivity contribution in [1.82, 2.24) is 0 Å². The van der Waals surface area contributed by atoms with Crippen LogP contribution in [-0.2, 0) is 0 Å². The first-order valence-electron chi connectivity index (χ1n) is 8.56. The largest absolute Gasteiger partial charge is 0.103 e. The molecule has 0 fully saturated rings. The fraction of sp³-hybridized carbons (Fsp3) is 0.789. The van der Waals surface area contributed by atoms with Gasteiger partial charge in [-0.15, -0.1) is 6.58 Å². The number of unbranched alkanes of at least 4 members (excludes halogenated alkanes) is 1. The van der Waals surface area contributed by atoms with Crippen LogP contribution in [0.15, 0.2) is 24.3 Å². The van der Waals surface area contributed by atoms with Crippen LogP contribution < -0.4 is 0 Å². The molecule has 0 heterocycles. The predicted molar refractivity (Wildman–Crippen MR) is 93.8 cm³/mol. The summed E-state index contributed by atoms with van der Waals surface area (Å²) in [6, 6.07) is 0. The first-order chi connectivity index (χ1) is 9.29. The highest BCUT2D eigenvalue weighted by Crippen LogP contribution is 2.26. The molecule has 0 aliphatic heterocycles. The van der Waals surface area contributed by atoms with Gasteiger partial charge >= 0.3 is 0 Å². The first kappa shape index (κ1) is 23.6. The Balaban J connectivity index is -0.000000579. The van der Waals surface area contributed by atoms with E-state index in [1.807, 2.05) is 33.8 Å². The summed E-state index contributed by atoms with van der Waals surface area (Å²) in [5.74, 6) is 0.833. The molecule has 0 saturated carbocycles. The van der Waals surface area contributed by atoms with Crippen molar-refractivity contribution in [1.29, 1.82) is 0 Å². The Morgan fingerprint density at radius 3 is 1.95 bits per heavy atom. The number of hydrogen-bond acceptors (Lipinski definition) is 0. The van der Waals surface area contributed by atoms with E-state index in [1.54, 1.807) is 5.57 Å². The zero-order chi connectivity index (χ0) is 15.5. The highest BCUT2D eigenvalue weighted by Gasteiger charge is 2.11. The lowest BCUT2D eigenvalue weighted by Gasteiger charge is -2.19. The molecule has 116 valence electrons. The smallest absolute Gasteiger partial charge is 0.0203 e. The summed E-state index contributed by atoms with van der Waals surface area (Å²) in [4.78, 5) is 0. The van der Waals surface area contributed by atoms with Gasteiger partial charge in [-0.1, -0.05) is 78.5 Å². The molecule has 0 nitrogen and oxygen atoms in total. The first-order valence-corrected chi connectivity index (χ1v) is 8.56. The van der Waals surface area contributed by atoms with Crippen LogP contribution >= 0.6 is 0 Å². The average Bonchev–Trinajstić information content (AvgIpc) is 2.49. The van der Waals surface area contributed by atoms with Gasteiger partial charge in [0, 0.05) is 0 Å². The van der Waals surface area contributed by atoms with Crippen LogP contribution in [0.5, 0.6) is 0 Å². The minimum atomic E-state index is 0.833. The standard InChI is InChI=1S/C15H28.2C2H6/c1-5-9-12-14(8-4)15(11-7-3)13-10-6-2;2*1-2/h5,8,15H,1,6-7,9-13H2,2-4H3;2*1-2H3/b14-8+;;. The summed E-state index contributed by atoms with van der Waals surface area (Å²) in [5, 5.41) is 0. The lowest BCUT2D eigenvalue weighted by Crippen LogP contribution is -2.04. The fourth-order valence-corrected chi connectivity index (χ4v) is 2.17. The van der Waals surface area contributed by atoms with Crippen molar-refractivity contribution in [2.24, 2.45) is 5.92 Å². The van der Waals surface area contributed by atoms with Gasteiger partial charge in [-0.3, -0.25) is 0 Å². The topological polar surface area (TPSA) is 0 Å². The van der Waals surface area contributed by atoms with Crippen LogP contribution in [0.2, 0.25) is 0 Å². The second-order valence-electron chi connectivity index (χ2n) is 4.32. The van der Waals surface area contributed by atoms with Crippen molar-refractivity contribution < 1.29 is 0 Å². The maximum absolute atomic E-state index is 3.81. The molecule has 0 heteroatoms. The van der Waals surface area contributed by atoms with E-state index in [1.165, 1.54) is 38.5 Å². The molecule has 0 aromatic rings. The molecular weight excluding hydrogens is 228 g/mol. The van der Waals surface area contributed by atoms with Crippen molar-refractivity contribution in [3.8, 4) is 0 Å². The summed E-state index contributed by atoms with van der Waals surface area (Å²) in [7, 11) is 0. The third-order valence-electron chi connectivity index (χ3n) is 3.08. The van der Waals surface area contributed by atoms with Crippen molar-refractivity contribution in [2.45, 2.75) is 93.4 Å². The molecule has 0 saturated heterocycles. The van der Waals surface area contributed by atoms with Gasteiger partial charge < -0.3 is 0 Å². The molecule has 0 aliphatic carbocycles. The van der Waals surface area contributed by atoms with Gasteiger partial charge in [0.15, 0.2) is 0 Å². The van der Waals surface area contributed by atoms with Crippen molar-refractivity contribution in [2.75, 3.05) is 0 Å². The van der Waals surface area contributed by atoms with Crippen LogP contribution in [0.3, 0.4) is 0 Å². The third-order valence-corrected chi connectivity index (χ3v) is 3.08. The van der Waals surface area contributed by atoms with E-state index in [-0.39, 0.29) is 0 Å². The van der Waals surface area contributed by atoms with E-state index < -0.39 is 0 Å². The highest BCUT2D eigenvalue weighted by molar-refractivity contribution is 5.06. The van der Waals surface area contributed by atoms with Gasteiger partial charge in [-0.25, -0.2) is 0 Å². The molecule has 0 radical (unpaired) electrons. The van der Waals surface area contributed by atoms with Gasteiger partial charge in [0.1, 0.15) is 0 Å². The molecule has 0 amide bonds. The van der Waals surface area contributed by atoms with Crippen molar-refractivity contribution in [3.05, 3.63) is 24.3 Å². The van der Waals surface area contributed by atoms with E-state index in [9.17, 15) is 0 Å². The molecule has 0 spiro atoms. The lowest BCUT2D eigenvalue weighted by atomic mass is 9.87. The number of allylic oxidation sites excluding steroid dienone is 3. The van der Waals surface area contributed by atoms with Crippen LogP contribution in [0.1, 0.15) is 93.4 Å². The summed E-state index contributed by atoms with van der Waals surface area (Å²) in [6.45, 7) is 18.6. The third kappa shape index (κ3) is 15.4. The van der Waals surface area contributed by atoms with E-state index >= 15 is 0 Å². The van der Waals surface area contributed by atoms with E-state index in [0.29, 0.717) is 0 Å². The number of hydrogen-bond donors (Lipinski definition) is 0. The minimum absolute atomic E-state index is 0.833. The Bertz CT molecular complexity index is 176. The molecule has 0 aromatic carbocycles. The molecule has 0 aromatic heterocycles. The van der Waals surface area contributed by atoms with Gasteiger partial charge in [-0.05, 0) is 38.5 Å².